The molecule has 2 aliphatic heterocycles. The summed E-state index contributed by atoms with van der Waals surface area (Å²) in [5.74, 6) is -0.620. The first kappa shape index (κ1) is 22.0. The van der Waals surface area contributed by atoms with Crippen molar-refractivity contribution in [3.63, 3.8) is 0 Å². The quantitative estimate of drug-likeness (QED) is 0.612. The maximum Gasteiger partial charge on any atom is 0.249 e. The average molecular weight is 485 g/mol. The fourth-order valence-electron chi connectivity index (χ4n) is 4.56. The summed E-state index contributed by atoms with van der Waals surface area (Å²) in [4.78, 5) is 31.7. The van der Waals surface area contributed by atoms with Gasteiger partial charge >= 0.3 is 0 Å². The van der Waals surface area contributed by atoms with E-state index in [2.05, 4.69) is 10.3 Å². The van der Waals surface area contributed by atoms with E-state index < -0.39 is 16.1 Å². The van der Waals surface area contributed by atoms with E-state index in [1.165, 1.54) is 33.5 Å². The lowest BCUT2D eigenvalue weighted by molar-refractivity contribution is -0.122. The maximum atomic E-state index is 13.1. The molecule has 0 aliphatic carbocycles. The van der Waals surface area contributed by atoms with Gasteiger partial charge in [0.15, 0.2) is 5.13 Å². The number of amides is 2. The molecule has 1 saturated heterocycles. The highest BCUT2D eigenvalue weighted by Gasteiger charge is 2.38. The van der Waals surface area contributed by atoms with Crippen LogP contribution in [0.15, 0.2) is 47.4 Å². The predicted molar refractivity (Wildman–Crippen MR) is 128 cm³/mol. The van der Waals surface area contributed by atoms with Crippen LogP contribution in [0, 0.1) is 0 Å². The number of nitrogens with zero attached hydrogens (tertiary/aromatic N) is 3. The summed E-state index contributed by atoms with van der Waals surface area (Å²) in [5.41, 5.74) is 2.04. The van der Waals surface area contributed by atoms with Gasteiger partial charge in [0.2, 0.25) is 21.8 Å². The van der Waals surface area contributed by atoms with Gasteiger partial charge < -0.3 is 5.32 Å². The first-order valence-electron chi connectivity index (χ1n) is 10.9. The molecule has 1 atom stereocenters. The molecule has 0 unspecified atom stereocenters. The first-order chi connectivity index (χ1) is 15.8. The maximum absolute atomic E-state index is 13.1. The van der Waals surface area contributed by atoms with E-state index in [-0.39, 0.29) is 23.1 Å². The molecule has 3 heterocycles. The van der Waals surface area contributed by atoms with Crippen LogP contribution in [-0.4, -0.2) is 48.7 Å². The monoisotopic (exact) mass is 484 g/mol. The van der Waals surface area contributed by atoms with Crippen molar-refractivity contribution in [3.05, 3.63) is 48.0 Å². The second kappa shape index (κ2) is 8.51. The van der Waals surface area contributed by atoms with Gasteiger partial charge in [-0.05, 0) is 48.7 Å². The Morgan fingerprint density at radius 1 is 1.09 bits per heavy atom. The first-order valence-corrected chi connectivity index (χ1v) is 13.2. The highest BCUT2D eigenvalue weighted by atomic mass is 32.2. The lowest BCUT2D eigenvalue weighted by atomic mass is 10.1. The summed E-state index contributed by atoms with van der Waals surface area (Å²) in [6.07, 6.45) is 3.00. The molecule has 3 aromatic rings. The zero-order valence-electron chi connectivity index (χ0n) is 18.2. The number of fused-ring (bicyclic) bond motifs is 2. The van der Waals surface area contributed by atoms with Crippen molar-refractivity contribution in [3.8, 4) is 0 Å². The summed E-state index contributed by atoms with van der Waals surface area (Å²) in [5, 5.41) is 3.30. The standard InChI is InChI=1S/C23H24N4O4S2/c1-15(28)27-19-10-9-17(33(30,31)26-11-5-2-6-12-26)13-16(19)14-20(27)22(29)25-23-24-18-7-3-4-8-21(18)32-23/h3-4,7-10,13,20H,2,5-6,11-12,14H2,1H3,(H,24,25,29)/t20-/m0/s1. The number of aromatic nitrogens is 1. The van der Waals surface area contributed by atoms with Crippen LogP contribution in [-0.2, 0) is 26.0 Å². The number of piperidine rings is 1. The fraction of sp³-hybridized carbons (Fsp3) is 0.348. The van der Waals surface area contributed by atoms with E-state index in [4.69, 9.17) is 0 Å². The number of hydrogen-bond acceptors (Lipinski definition) is 6. The molecule has 5 rings (SSSR count). The molecular formula is C23H24N4O4S2. The Hall–Kier alpha value is -2.82. The lowest BCUT2D eigenvalue weighted by Gasteiger charge is -2.26. The van der Waals surface area contributed by atoms with Crippen molar-refractivity contribution in [1.82, 2.24) is 9.29 Å². The summed E-state index contributed by atoms with van der Waals surface area (Å²) in [6.45, 7) is 2.45. The molecular weight excluding hydrogens is 460 g/mol. The Balaban J connectivity index is 1.41. The largest absolute Gasteiger partial charge is 0.300 e. The van der Waals surface area contributed by atoms with Crippen LogP contribution in [0.4, 0.5) is 10.8 Å². The minimum Gasteiger partial charge on any atom is -0.300 e. The van der Waals surface area contributed by atoms with Gasteiger partial charge in [0, 0.05) is 32.1 Å². The number of carbonyl (C=O) groups is 2. The Morgan fingerprint density at radius 2 is 1.85 bits per heavy atom. The minimum atomic E-state index is -3.60. The Bertz CT molecular complexity index is 1310. The zero-order valence-corrected chi connectivity index (χ0v) is 19.8. The number of rotatable bonds is 4. The topological polar surface area (TPSA) is 99.7 Å². The van der Waals surface area contributed by atoms with Crippen LogP contribution in [0.3, 0.4) is 0 Å². The molecule has 0 bridgehead atoms. The number of sulfonamides is 1. The van der Waals surface area contributed by atoms with Crippen LogP contribution in [0.2, 0.25) is 0 Å². The lowest BCUT2D eigenvalue weighted by Crippen LogP contribution is -2.44. The molecule has 0 spiro atoms. The molecule has 1 aromatic heterocycles. The second-order valence-electron chi connectivity index (χ2n) is 8.34. The van der Waals surface area contributed by atoms with Gasteiger partial charge in [0.25, 0.3) is 0 Å². The van der Waals surface area contributed by atoms with Crippen LogP contribution in [0.1, 0.15) is 31.7 Å². The highest BCUT2D eigenvalue weighted by Crippen LogP contribution is 2.36. The molecule has 0 radical (unpaired) electrons. The summed E-state index contributed by atoms with van der Waals surface area (Å²) >= 11 is 1.37. The van der Waals surface area contributed by atoms with Gasteiger partial charge in [-0.1, -0.05) is 29.9 Å². The number of benzene rings is 2. The number of carbonyl (C=O) groups excluding carboxylic acids is 2. The highest BCUT2D eigenvalue weighted by molar-refractivity contribution is 7.89. The molecule has 1 fully saturated rings. The Morgan fingerprint density at radius 3 is 2.58 bits per heavy atom. The van der Waals surface area contributed by atoms with Gasteiger partial charge in [-0.2, -0.15) is 4.31 Å². The number of para-hydroxylation sites is 1. The summed E-state index contributed by atoms with van der Waals surface area (Å²) in [7, 11) is -3.60. The second-order valence-corrected chi connectivity index (χ2v) is 11.3. The smallest absolute Gasteiger partial charge is 0.249 e. The van der Waals surface area contributed by atoms with E-state index in [1.807, 2.05) is 24.3 Å². The molecule has 2 aliphatic rings. The molecule has 0 saturated carbocycles. The molecule has 172 valence electrons. The Kier molecular flexibility index (Phi) is 5.67. The molecule has 33 heavy (non-hydrogen) atoms. The van der Waals surface area contributed by atoms with Gasteiger partial charge in [-0.25, -0.2) is 13.4 Å². The van der Waals surface area contributed by atoms with E-state index in [9.17, 15) is 18.0 Å². The van der Waals surface area contributed by atoms with Crippen molar-refractivity contribution in [2.45, 2.75) is 43.5 Å². The molecule has 10 heteroatoms. The van der Waals surface area contributed by atoms with Crippen LogP contribution in [0.25, 0.3) is 10.2 Å². The average Bonchev–Trinajstić information content (AvgIpc) is 3.40. The SMILES string of the molecule is CC(=O)N1c2ccc(S(=O)(=O)N3CCCCC3)cc2C[C@H]1C(=O)Nc1nc2ccccc2s1. The molecule has 8 nitrogen and oxygen atoms in total. The van der Waals surface area contributed by atoms with E-state index >= 15 is 0 Å². The van der Waals surface area contributed by atoms with Crippen molar-refractivity contribution in [2.24, 2.45) is 0 Å². The Labute approximate surface area is 196 Å². The van der Waals surface area contributed by atoms with Crippen LogP contribution in [0.5, 0.6) is 0 Å². The summed E-state index contributed by atoms with van der Waals surface area (Å²) in [6, 6.07) is 11.6. The third kappa shape index (κ3) is 4.03. The third-order valence-corrected chi connectivity index (χ3v) is 9.00. The van der Waals surface area contributed by atoms with Crippen LogP contribution >= 0.6 is 11.3 Å². The predicted octanol–water partition coefficient (Wildman–Crippen LogP) is 3.39. The zero-order chi connectivity index (χ0) is 23.2. The minimum absolute atomic E-state index is 0.207. The molecule has 1 N–H and O–H groups in total. The van der Waals surface area contributed by atoms with Gasteiger partial charge in [-0.3, -0.25) is 14.5 Å². The normalized spacial score (nSPS) is 18.9. The molecule has 2 amide bonds. The van der Waals surface area contributed by atoms with Gasteiger partial charge in [0.05, 0.1) is 15.1 Å². The third-order valence-electron chi connectivity index (χ3n) is 6.15. The van der Waals surface area contributed by atoms with Gasteiger partial charge in [0.1, 0.15) is 6.04 Å². The van der Waals surface area contributed by atoms with Crippen molar-refractivity contribution < 1.29 is 18.0 Å². The fourth-order valence-corrected chi connectivity index (χ4v) is 6.99. The number of thiazole rings is 1. The van der Waals surface area contributed by atoms with E-state index in [0.29, 0.717) is 29.5 Å². The van der Waals surface area contributed by atoms with E-state index in [0.717, 1.165) is 29.5 Å². The van der Waals surface area contributed by atoms with Gasteiger partial charge in [-0.15, -0.1) is 0 Å². The van der Waals surface area contributed by atoms with E-state index in [1.54, 1.807) is 12.1 Å². The van der Waals surface area contributed by atoms with Crippen molar-refractivity contribution in [2.75, 3.05) is 23.3 Å². The van der Waals surface area contributed by atoms with Crippen molar-refractivity contribution >= 4 is 54.2 Å². The molecule has 2 aromatic carbocycles. The summed E-state index contributed by atoms with van der Waals surface area (Å²) < 4.78 is 28.7. The van der Waals surface area contributed by atoms with Crippen molar-refractivity contribution in [1.29, 1.82) is 0 Å². The number of hydrogen-bond donors (Lipinski definition) is 1. The number of anilines is 2. The number of nitrogens with one attached hydrogen (secondary N) is 1. The van der Waals surface area contributed by atoms with Crippen LogP contribution < -0.4 is 10.2 Å².